The molecule has 2 amide bonds. The number of aryl methyl sites for hydroxylation is 1. The lowest BCUT2D eigenvalue weighted by atomic mass is 10.1. The van der Waals surface area contributed by atoms with Gasteiger partial charge in [-0.05, 0) is 25.5 Å². The maximum Gasteiger partial charge on any atom is 0.261 e. The molecule has 2 aromatic rings. The number of carbonyl (C=O) groups excluding carboxylic acids is 2. The average Bonchev–Trinajstić information content (AvgIpc) is 3.12. The highest BCUT2D eigenvalue weighted by atomic mass is 32.2. The van der Waals surface area contributed by atoms with E-state index in [0.717, 1.165) is 4.90 Å². The lowest BCUT2D eigenvalue weighted by Gasteiger charge is -2.16. The van der Waals surface area contributed by atoms with Crippen LogP contribution in [0, 0.1) is 0 Å². The van der Waals surface area contributed by atoms with Crippen LogP contribution in [0.15, 0.2) is 30.6 Å². The monoisotopic (exact) mass is 377 g/mol. The third-order valence-corrected chi connectivity index (χ3v) is 5.70. The highest BCUT2D eigenvalue weighted by Crippen LogP contribution is 2.22. The third kappa shape index (κ3) is 3.51. The average molecular weight is 377 g/mol. The smallest absolute Gasteiger partial charge is 0.261 e. The van der Waals surface area contributed by atoms with Gasteiger partial charge >= 0.3 is 0 Å². The van der Waals surface area contributed by atoms with Gasteiger partial charge in [-0.3, -0.25) is 14.5 Å². The van der Waals surface area contributed by atoms with Crippen molar-refractivity contribution < 1.29 is 18.0 Å². The summed E-state index contributed by atoms with van der Waals surface area (Å²) in [7, 11) is -1.87. The van der Waals surface area contributed by atoms with Crippen LogP contribution >= 0.6 is 0 Å². The summed E-state index contributed by atoms with van der Waals surface area (Å²) in [6.45, 7) is 1.72. The normalized spacial score (nSPS) is 15.4. The number of sulfonamides is 1. The van der Waals surface area contributed by atoms with Crippen molar-refractivity contribution in [3.05, 3.63) is 47.5 Å². The summed E-state index contributed by atoms with van der Waals surface area (Å²) in [6, 6.07) is 6.03. The quantitative estimate of drug-likeness (QED) is 0.702. The van der Waals surface area contributed by atoms with Crippen LogP contribution in [0.3, 0.4) is 0 Å². The molecular weight excluding hydrogens is 358 g/mol. The van der Waals surface area contributed by atoms with Crippen molar-refractivity contribution in [2.75, 3.05) is 12.3 Å². The summed E-state index contributed by atoms with van der Waals surface area (Å²) in [5.41, 5.74) is 0.712. The van der Waals surface area contributed by atoms with Gasteiger partial charge in [-0.25, -0.2) is 13.1 Å². The highest BCUT2D eigenvalue weighted by Gasteiger charge is 2.34. The first-order valence-corrected chi connectivity index (χ1v) is 9.74. The van der Waals surface area contributed by atoms with Crippen molar-refractivity contribution in [3.63, 3.8) is 0 Å². The van der Waals surface area contributed by atoms with E-state index in [1.165, 1.54) is 6.33 Å². The van der Waals surface area contributed by atoms with Crippen molar-refractivity contribution >= 4 is 21.8 Å². The van der Waals surface area contributed by atoms with Crippen LogP contribution in [0.25, 0.3) is 0 Å². The van der Waals surface area contributed by atoms with Crippen molar-refractivity contribution in [1.29, 1.82) is 0 Å². The number of benzene rings is 1. The van der Waals surface area contributed by atoms with Gasteiger partial charge in [-0.15, -0.1) is 10.2 Å². The van der Waals surface area contributed by atoms with E-state index >= 15 is 0 Å². The van der Waals surface area contributed by atoms with Crippen molar-refractivity contribution in [2.45, 2.75) is 19.4 Å². The molecule has 1 aliphatic heterocycles. The molecule has 26 heavy (non-hydrogen) atoms. The summed E-state index contributed by atoms with van der Waals surface area (Å²) in [5.74, 6) is -0.483. The summed E-state index contributed by atoms with van der Waals surface area (Å²) < 4.78 is 28.6. The molecule has 1 N–H and O–H groups in total. The topological polar surface area (TPSA) is 114 Å². The molecule has 1 atom stereocenters. The Morgan fingerprint density at radius 2 is 1.77 bits per heavy atom. The molecule has 0 aliphatic carbocycles. The van der Waals surface area contributed by atoms with E-state index in [-0.39, 0.29) is 30.5 Å². The van der Waals surface area contributed by atoms with Crippen LogP contribution in [-0.2, 0) is 17.1 Å². The molecule has 1 aromatic carbocycles. The fourth-order valence-corrected chi connectivity index (χ4v) is 4.19. The van der Waals surface area contributed by atoms with Gasteiger partial charge < -0.3 is 4.57 Å². The van der Waals surface area contributed by atoms with Crippen LogP contribution in [0.2, 0.25) is 0 Å². The molecule has 3 rings (SSSR count). The number of nitrogens with zero attached hydrogens (tertiary/aromatic N) is 4. The first-order chi connectivity index (χ1) is 12.3. The minimum absolute atomic E-state index is 0.0472. The Bertz CT molecular complexity index is 918. The van der Waals surface area contributed by atoms with Crippen LogP contribution in [-0.4, -0.2) is 52.2 Å². The van der Waals surface area contributed by atoms with Gasteiger partial charge in [0.15, 0.2) is 0 Å². The predicted octanol–water partition coefficient (Wildman–Crippen LogP) is 0.482. The van der Waals surface area contributed by atoms with Crippen molar-refractivity contribution in [3.8, 4) is 0 Å². The van der Waals surface area contributed by atoms with Crippen LogP contribution in [0.4, 0.5) is 0 Å². The Kier molecular flexibility index (Phi) is 4.88. The molecular formula is C16H19N5O4S. The van der Waals surface area contributed by atoms with E-state index in [1.807, 2.05) is 0 Å². The number of aromatic nitrogens is 3. The molecule has 0 saturated heterocycles. The summed E-state index contributed by atoms with van der Waals surface area (Å²) in [5, 5.41) is 7.59. The van der Waals surface area contributed by atoms with Gasteiger partial charge in [-0.2, -0.15) is 0 Å². The van der Waals surface area contributed by atoms with Crippen LogP contribution in [0.1, 0.15) is 45.9 Å². The number of hydrogen-bond donors (Lipinski definition) is 1. The fraction of sp³-hybridized carbons (Fsp3) is 0.375. The minimum Gasteiger partial charge on any atom is -0.319 e. The van der Waals surface area contributed by atoms with Gasteiger partial charge in [0.1, 0.15) is 12.2 Å². The standard InChI is InChI=1S/C16H19N5O4S/c1-11(14-18-17-10-20(14)2)19-26(24,25)9-5-8-21-15(22)12-6-3-4-7-13(12)16(21)23/h3-4,6-7,10-11,19H,5,8-9H2,1-2H3/t11-/m0/s1. The molecule has 10 heteroatoms. The zero-order valence-corrected chi connectivity index (χ0v) is 15.2. The van der Waals surface area contributed by atoms with Crippen molar-refractivity contribution in [1.82, 2.24) is 24.4 Å². The fourth-order valence-electron chi connectivity index (χ4n) is 2.92. The number of nitrogens with one attached hydrogen (secondary N) is 1. The van der Waals surface area contributed by atoms with E-state index in [1.54, 1.807) is 42.8 Å². The van der Waals surface area contributed by atoms with Gasteiger partial charge in [0.05, 0.1) is 22.9 Å². The Labute approximate surface area is 151 Å². The molecule has 9 nitrogen and oxygen atoms in total. The van der Waals surface area contributed by atoms with Crippen LogP contribution < -0.4 is 4.72 Å². The van der Waals surface area contributed by atoms with Crippen molar-refractivity contribution in [2.24, 2.45) is 7.05 Å². The van der Waals surface area contributed by atoms with Gasteiger partial charge in [0, 0.05) is 13.6 Å². The predicted molar refractivity (Wildman–Crippen MR) is 92.8 cm³/mol. The molecule has 0 radical (unpaired) electrons. The Morgan fingerprint density at radius 1 is 1.15 bits per heavy atom. The molecule has 0 bridgehead atoms. The van der Waals surface area contributed by atoms with Gasteiger partial charge in [0.2, 0.25) is 10.0 Å². The number of amides is 2. The van der Waals surface area contributed by atoms with Crippen LogP contribution in [0.5, 0.6) is 0 Å². The first-order valence-electron chi connectivity index (χ1n) is 8.09. The molecule has 1 aliphatic rings. The molecule has 138 valence electrons. The maximum absolute atomic E-state index is 12.3. The zero-order chi connectivity index (χ0) is 18.9. The molecule has 0 saturated carbocycles. The van der Waals surface area contributed by atoms with E-state index in [4.69, 9.17) is 0 Å². The van der Waals surface area contributed by atoms with E-state index in [2.05, 4.69) is 14.9 Å². The summed E-state index contributed by atoms with van der Waals surface area (Å²) in [4.78, 5) is 25.6. The maximum atomic E-state index is 12.3. The van der Waals surface area contributed by atoms with E-state index in [0.29, 0.717) is 17.0 Å². The summed E-state index contributed by atoms with van der Waals surface area (Å²) >= 11 is 0. The first kappa shape index (κ1) is 18.2. The number of carbonyl (C=O) groups is 2. The van der Waals surface area contributed by atoms with E-state index in [9.17, 15) is 18.0 Å². The summed E-state index contributed by atoms with van der Waals surface area (Å²) in [6.07, 6.45) is 1.63. The largest absolute Gasteiger partial charge is 0.319 e. The Morgan fingerprint density at radius 3 is 2.31 bits per heavy atom. The highest BCUT2D eigenvalue weighted by molar-refractivity contribution is 7.89. The van der Waals surface area contributed by atoms with Gasteiger partial charge in [-0.1, -0.05) is 12.1 Å². The molecule has 0 spiro atoms. The van der Waals surface area contributed by atoms with Gasteiger partial charge in [0.25, 0.3) is 11.8 Å². The number of rotatable bonds is 7. The Hall–Kier alpha value is -2.59. The number of fused-ring (bicyclic) bond motifs is 1. The Balaban J connectivity index is 1.57. The van der Waals surface area contributed by atoms with E-state index < -0.39 is 16.1 Å². The SMILES string of the molecule is C[C@H](NS(=O)(=O)CCCN1C(=O)c2ccccc2C1=O)c1nncn1C. The molecule has 1 aromatic heterocycles. The molecule has 0 unspecified atom stereocenters. The number of hydrogen-bond acceptors (Lipinski definition) is 6. The molecule has 2 heterocycles. The minimum atomic E-state index is -3.60. The zero-order valence-electron chi connectivity index (χ0n) is 14.4. The lowest BCUT2D eigenvalue weighted by molar-refractivity contribution is 0.0654. The molecule has 0 fully saturated rings. The second kappa shape index (κ2) is 6.96. The second-order valence-electron chi connectivity index (χ2n) is 6.12. The third-order valence-electron chi connectivity index (χ3n) is 4.16. The lowest BCUT2D eigenvalue weighted by Crippen LogP contribution is -2.34. The second-order valence-corrected chi connectivity index (χ2v) is 7.99. The number of imide groups is 1.